The Balaban J connectivity index is 1.15. The zero-order valence-electron chi connectivity index (χ0n) is 34.6. The van der Waals surface area contributed by atoms with Crippen LogP contribution in [0.3, 0.4) is 0 Å². The minimum absolute atomic E-state index is 0.246. The number of rotatable bonds is 8. The maximum atomic E-state index is 2.61. The molecule has 2 heteroatoms. The predicted octanol–water partition coefficient (Wildman–Crippen LogP) is 9.05. The lowest BCUT2D eigenvalue weighted by atomic mass is 9.82. The van der Waals surface area contributed by atoms with Crippen LogP contribution in [-0.2, 0) is 5.41 Å². The Kier molecular flexibility index (Phi) is 8.96. The van der Waals surface area contributed by atoms with Crippen molar-refractivity contribution >= 4 is 79.2 Å². The standard InChI is InChI=1S/C59H46Si2/c1-59(2)57-41-53(60(47-23-7-3-8-24-47,48-25-9-4-10-26-48)51-33-31-43-19-15-17-21-45(43)39-51)35-37-55(57)56-38-36-54(42-58(56)59)61(49-27-11-5-12-28-49,50-29-13-6-14-30-50)52-34-32-44-20-16-18-22-46(44)40-52/h3-42H,1-2H3. The molecule has 0 amide bonds. The second-order valence-electron chi connectivity index (χ2n) is 17.2. The van der Waals surface area contributed by atoms with Gasteiger partial charge in [0.25, 0.3) is 0 Å². The molecule has 0 saturated heterocycles. The van der Waals surface area contributed by atoms with Gasteiger partial charge in [0.2, 0.25) is 0 Å². The van der Waals surface area contributed by atoms with Crippen LogP contribution in [-0.4, -0.2) is 16.1 Å². The summed E-state index contributed by atoms with van der Waals surface area (Å²) >= 11 is 0. The zero-order chi connectivity index (χ0) is 41.0. The summed E-state index contributed by atoms with van der Waals surface area (Å²) in [6, 6.07) is 92.5. The van der Waals surface area contributed by atoms with E-state index in [0.717, 1.165) is 0 Å². The van der Waals surface area contributed by atoms with Crippen molar-refractivity contribution < 1.29 is 0 Å². The minimum Gasteiger partial charge on any atom is -0.0623 e. The summed E-state index contributed by atoms with van der Waals surface area (Å²) in [5.74, 6) is 0. The summed E-state index contributed by atoms with van der Waals surface area (Å²) in [6.07, 6.45) is 0. The normalized spacial score (nSPS) is 13.2. The summed E-state index contributed by atoms with van der Waals surface area (Å²) in [6.45, 7) is 4.92. The Bertz CT molecular complexity index is 2910. The van der Waals surface area contributed by atoms with E-state index in [1.165, 1.54) is 85.3 Å². The summed E-state index contributed by atoms with van der Waals surface area (Å²) in [5, 5.41) is 16.3. The Morgan fingerprint density at radius 1 is 0.246 bits per heavy atom. The zero-order valence-corrected chi connectivity index (χ0v) is 36.6. The summed E-state index contributed by atoms with van der Waals surface area (Å²) in [4.78, 5) is 0. The molecule has 1 aliphatic rings. The fourth-order valence-electron chi connectivity index (χ4n) is 10.8. The van der Waals surface area contributed by atoms with Crippen molar-refractivity contribution in [3.05, 3.63) is 254 Å². The molecule has 0 radical (unpaired) electrons. The van der Waals surface area contributed by atoms with Gasteiger partial charge in [0.1, 0.15) is 0 Å². The third-order valence-electron chi connectivity index (χ3n) is 13.7. The fourth-order valence-corrected chi connectivity index (χ4v) is 20.4. The van der Waals surface area contributed by atoms with Gasteiger partial charge in [-0.05, 0) is 85.3 Å². The molecule has 1 aliphatic carbocycles. The first-order valence-corrected chi connectivity index (χ1v) is 25.5. The summed E-state index contributed by atoms with van der Waals surface area (Å²) in [5.41, 5.74) is 5.24. The van der Waals surface area contributed by atoms with Gasteiger partial charge in [0, 0.05) is 5.41 Å². The quantitative estimate of drug-likeness (QED) is 0.106. The van der Waals surface area contributed by atoms with E-state index in [1.807, 2.05) is 0 Å². The van der Waals surface area contributed by atoms with Crippen molar-refractivity contribution in [3.8, 4) is 11.1 Å². The first-order chi connectivity index (χ1) is 30.0. The van der Waals surface area contributed by atoms with Gasteiger partial charge in [-0.25, -0.2) is 0 Å². The molecule has 0 atom stereocenters. The van der Waals surface area contributed by atoms with Crippen LogP contribution in [0.5, 0.6) is 0 Å². The van der Waals surface area contributed by atoms with Gasteiger partial charge >= 0.3 is 0 Å². The smallest absolute Gasteiger partial charge is 0.0623 e. The Labute approximate surface area is 361 Å². The maximum Gasteiger partial charge on any atom is 0.179 e. The molecule has 0 spiro atoms. The van der Waals surface area contributed by atoms with Gasteiger partial charge in [-0.1, -0.05) is 257 Å². The largest absolute Gasteiger partial charge is 0.179 e. The van der Waals surface area contributed by atoms with E-state index in [2.05, 4.69) is 257 Å². The lowest BCUT2D eigenvalue weighted by Crippen LogP contribution is -2.74. The monoisotopic (exact) mass is 810 g/mol. The van der Waals surface area contributed by atoms with Crippen molar-refractivity contribution in [2.75, 3.05) is 0 Å². The molecule has 61 heavy (non-hydrogen) atoms. The average molecular weight is 811 g/mol. The highest BCUT2D eigenvalue weighted by Gasteiger charge is 2.46. The van der Waals surface area contributed by atoms with Crippen LogP contribution >= 0.6 is 0 Å². The molecular formula is C59H46Si2. The Morgan fingerprint density at radius 2 is 0.525 bits per heavy atom. The van der Waals surface area contributed by atoms with Crippen LogP contribution in [0.15, 0.2) is 243 Å². The molecule has 290 valence electrons. The molecule has 0 saturated carbocycles. The molecule has 0 unspecified atom stereocenters. The molecule has 0 nitrogen and oxygen atoms in total. The molecule has 0 fully saturated rings. The fraction of sp³-hybridized carbons (Fsp3) is 0.0508. The van der Waals surface area contributed by atoms with Gasteiger partial charge in [-0.15, -0.1) is 0 Å². The van der Waals surface area contributed by atoms with Gasteiger partial charge in [0.05, 0.1) is 0 Å². The van der Waals surface area contributed by atoms with E-state index in [1.54, 1.807) is 0 Å². The third kappa shape index (κ3) is 5.78. The molecule has 10 aromatic carbocycles. The van der Waals surface area contributed by atoms with Crippen LogP contribution < -0.4 is 41.5 Å². The Hall–Kier alpha value is -6.85. The van der Waals surface area contributed by atoms with E-state index in [4.69, 9.17) is 0 Å². The van der Waals surface area contributed by atoms with Crippen molar-refractivity contribution in [1.29, 1.82) is 0 Å². The van der Waals surface area contributed by atoms with Crippen molar-refractivity contribution in [2.45, 2.75) is 19.3 Å². The van der Waals surface area contributed by atoms with Crippen LogP contribution in [0, 0.1) is 0 Å². The molecule has 11 rings (SSSR count). The highest BCUT2D eigenvalue weighted by Crippen LogP contribution is 2.48. The van der Waals surface area contributed by atoms with Crippen LogP contribution in [0.4, 0.5) is 0 Å². The molecule has 0 bridgehead atoms. The van der Waals surface area contributed by atoms with E-state index in [0.29, 0.717) is 0 Å². The molecular weight excluding hydrogens is 765 g/mol. The van der Waals surface area contributed by atoms with E-state index >= 15 is 0 Å². The lowest BCUT2D eigenvalue weighted by molar-refractivity contribution is 0.661. The summed E-state index contributed by atoms with van der Waals surface area (Å²) in [7, 11) is -5.63. The van der Waals surface area contributed by atoms with E-state index in [-0.39, 0.29) is 5.41 Å². The van der Waals surface area contributed by atoms with Gasteiger partial charge in [-0.3, -0.25) is 0 Å². The second-order valence-corrected chi connectivity index (χ2v) is 24.9. The number of hydrogen-bond acceptors (Lipinski definition) is 0. The second kappa shape index (κ2) is 14.7. The van der Waals surface area contributed by atoms with Gasteiger partial charge in [0.15, 0.2) is 16.1 Å². The molecule has 0 aromatic heterocycles. The lowest BCUT2D eigenvalue weighted by Gasteiger charge is -2.36. The molecule has 10 aromatic rings. The van der Waals surface area contributed by atoms with Crippen molar-refractivity contribution in [2.24, 2.45) is 0 Å². The molecule has 0 N–H and O–H groups in total. The van der Waals surface area contributed by atoms with Crippen molar-refractivity contribution in [1.82, 2.24) is 0 Å². The maximum absolute atomic E-state index is 2.81. The average Bonchev–Trinajstić information content (AvgIpc) is 3.55. The van der Waals surface area contributed by atoms with Crippen LogP contribution in [0.2, 0.25) is 0 Å². The van der Waals surface area contributed by atoms with Crippen LogP contribution in [0.25, 0.3) is 32.7 Å². The summed E-state index contributed by atoms with van der Waals surface area (Å²) < 4.78 is 0. The number of hydrogen-bond donors (Lipinski definition) is 0. The van der Waals surface area contributed by atoms with Gasteiger partial charge < -0.3 is 0 Å². The van der Waals surface area contributed by atoms with E-state index in [9.17, 15) is 0 Å². The Morgan fingerprint density at radius 3 is 0.869 bits per heavy atom. The predicted molar refractivity (Wildman–Crippen MR) is 266 cm³/mol. The number of benzene rings is 10. The van der Waals surface area contributed by atoms with Crippen LogP contribution in [0.1, 0.15) is 25.0 Å². The first kappa shape index (κ1) is 37.2. The van der Waals surface area contributed by atoms with Crippen molar-refractivity contribution in [3.63, 3.8) is 0 Å². The molecule has 0 heterocycles. The minimum atomic E-state index is -2.81. The first-order valence-electron chi connectivity index (χ1n) is 21.5. The highest BCUT2D eigenvalue weighted by molar-refractivity contribution is 7.20. The topological polar surface area (TPSA) is 0 Å². The molecule has 0 aliphatic heterocycles. The number of fused-ring (bicyclic) bond motifs is 5. The third-order valence-corrected chi connectivity index (χ3v) is 23.2. The van der Waals surface area contributed by atoms with Gasteiger partial charge in [-0.2, -0.15) is 0 Å². The van der Waals surface area contributed by atoms with E-state index < -0.39 is 16.1 Å². The SMILES string of the molecule is CC1(C)c2cc([Si](c3ccccc3)(c3ccccc3)c3ccc4ccccc4c3)ccc2-c2ccc([Si](c3ccccc3)(c3ccccc3)c3ccc4ccccc4c3)cc21. The highest BCUT2D eigenvalue weighted by atomic mass is 28.3.